The lowest BCUT2D eigenvalue weighted by molar-refractivity contribution is -0.302. The van der Waals surface area contributed by atoms with Crippen LogP contribution in [0, 0.1) is 29.6 Å². The molecule has 3 fully saturated rings. The summed E-state index contributed by atoms with van der Waals surface area (Å²) >= 11 is 6.14. The van der Waals surface area contributed by atoms with Gasteiger partial charge in [-0.15, -0.1) is 0 Å². The van der Waals surface area contributed by atoms with Crippen LogP contribution in [0.5, 0.6) is 0 Å². The van der Waals surface area contributed by atoms with Gasteiger partial charge < -0.3 is 38.4 Å². The summed E-state index contributed by atoms with van der Waals surface area (Å²) in [4.78, 5) is 60.5. The molecule has 59 heavy (non-hydrogen) atoms. The van der Waals surface area contributed by atoms with E-state index in [4.69, 9.17) is 40.0 Å². The van der Waals surface area contributed by atoms with Crippen LogP contribution in [0.3, 0.4) is 0 Å². The number of amides is 1. The summed E-state index contributed by atoms with van der Waals surface area (Å²) < 4.78 is 38.3. The monoisotopic (exact) mass is 850 g/mol. The smallest absolute Gasteiger partial charge is 0.410 e. The highest BCUT2D eigenvalue weighted by Gasteiger charge is 2.60. The topological polar surface area (TPSA) is 150 Å². The quantitative estimate of drug-likeness (QED) is 0.173. The third kappa shape index (κ3) is 11.0. The predicted octanol–water partition coefficient (Wildman–Crippen LogP) is 6.87. The van der Waals surface area contributed by atoms with Crippen molar-refractivity contribution in [3.63, 3.8) is 0 Å². The van der Waals surface area contributed by atoms with Gasteiger partial charge in [-0.1, -0.05) is 72.2 Å². The zero-order valence-corrected chi connectivity index (χ0v) is 38.3. The minimum absolute atomic E-state index is 0.0236. The number of aliphatic hydroxyl groups excluding tert-OH is 1. The number of benzene rings is 1. The maximum absolute atomic E-state index is 14.9. The van der Waals surface area contributed by atoms with Crippen molar-refractivity contribution in [2.45, 2.75) is 168 Å². The fourth-order valence-electron chi connectivity index (χ4n) is 9.65. The van der Waals surface area contributed by atoms with Crippen molar-refractivity contribution in [3.8, 4) is 0 Å². The summed E-state index contributed by atoms with van der Waals surface area (Å²) in [7, 11) is 3.47. The molecule has 1 N–H and O–H groups in total. The number of hydrogen-bond acceptors (Lipinski definition) is 12. The number of carbonyl (C=O) groups excluding carboxylic acids is 4. The molecular weight excluding hydrogens is 780 g/mol. The first kappa shape index (κ1) is 48.9. The largest absolute Gasteiger partial charge is 0.461 e. The van der Waals surface area contributed by atoms with Crippen LogP contribution in [0.25, 0.3) is 0 Å². The lowest BCUT2D eigenvalue weighted by Gasteiger charge is -2.48. The SMILES string of the molecule is CC[C@@H]1OC(=O)[C@H](C)[C@H](OC(=O)CC(C)C)[C@H](C)[C@@H](O[C@@H]2O[C@H](C)C[C@H](N(C)CC)[C@H]2O)[C@@](C)(OC)C[C@@H](C)C(=O)[C@@H](C)[C@H]2N(CCc3ccc(Cl)cc3)C(=O)O[C@]12C. The molecule has 0 bridgehead atoms. The van der Waals surface area contributed by atoms with Crippen molar-refractivity contribution < 1.29 is 52.7 Å². The van der Waals surface area contributed by atoms with E-state index >= 15 is 0 Å². The molecule has 14 heteroatoms. The third-order valence-corrected chi connectivity index (χ3v) is 13.4. The number of cyclic esters (lactones) is 1. The van der Waals surface area contributed by atoms with Gasteiger partial charge in [-0.05, 0) is 90.6 Å². The molecule has 1 amide bonds. The average Bonchev–Trinajstić information content (AvgIpc) is 3.45. The number of likely N-dealkylation sites (N-methyl/N-ethyl adjacent to an activating group) is 1. The molecule has 3 aliphatic rings. The molecule has 0 unspecified atom stereocenters. The summed E-state index contributed by atoms with van der Waals surface area (Å²) in [6.07, 6.45) is -4.52. The molecule has 0 spiro atoms. The number of esters is 2. The molecule has 14 atom stereocenters. The molecule has 0 radical (unpaired) electrons. The van der Waals surface area contributed by atoms with E-state index in [1.165, 1.54) is 7.11 Å². The van der Waals surface area contributed by atoms with Crippen LogP contribution in [0.1, 0.15) is 107 Å². The second-order valence-electron chi connectivity index (χ2n) is 18.2. The lowest BCUT2D eigenvalue weighted by Crippen LogP contribution is -2.61. The first-order valence-electron chi connectivity index (χ1n) is 21.5. The van der Waals surface area contributed by atoms with Crippen LogP contribution in [-0.4, -0.2) is 126 Å². The zero-order chi connectivity index (χ0) is 44.1. The predicted molar refractivity (Wildman–Crippen MR) is 224 cm³/mol. The van der Waals surface area contributed by atoms with Gasteiger partial charge in [0.25, 0.3) is 0 Å². The summed E-state index contributed by atoms with van der Waals surface area (Å²) in [6.45, 7) is 21.2. The van der Waals surface area contributed by atoms with Gasteiger partial charge in [0.1, 0.15) is 24.1 Å². The number of methoxy groups -OCH3 is 1. The number of Topliss-reactive ketones (excluding diaryl/α,β-unsaturated/α-hetero) is 1. The second-order valence-corrected chi connectivity index (χ2v) is 18.6. The maximum atomic E-state index is 14.9. The maximum Gasteiger partial charge on any atom is 0.410 e. The third-order valence-electron chi connectivity index (χ3n) is 13.1. The lowest BCUT2D eigenvalue weighted by atomic mass is 9.73. The molecule has 13 nitrogen and oxygen atoms in total. The van der Waals surface area contributed by atoms with Crippen LogP contribution in [0.4, 0.5) is 4.79 Å². The summed E-state index contributed by atoms with van der Waals surface area (Å²) in [6, 6.07) is 6.27. The minimum atomic E-state index is -1.42. The van der Waals surface area contributed by atoms with Gasteiger partial charge in [-0.3, -0.25) is 19.3 Å². The van der Waals surface area contributed by atoms with E-state index in [2.05, 4.69) is 4.90 Å². The first-order chi connectivity index (χ1) is 27.6. The zero-order valence-electron chi connectivity index (χ0n) is 37.6. The number of fused-ring (bicyclic) bond motifs is 1. The summed E-state index contributed by atoms with van der Waals surface area (Å²) in [5.41, 5.74) is -1.73. The number of rotatable bonds is 12. The summed E-state index contributed by atoms with van der Waals surface area (Å²) in [5.74, 6) is -4.54. The molecule has 0 aromatic heterocycles. The fourth-order valence-corrected chi connectivity index (χ4v) is 9.78. The van der Waals surface area contributed by atoms with Crippen molar-refractivity contribution in [2.75, 3.05) is 27.2 Å². The van der Waals surface area contributed by atoms with Gasteiger partial charge >= 0.3 is 18.0 Å². The highest BCUT2D eigenvalue weighted by atomic mass is 35.5. The second kappa shape index (κ2) is 20.4. The van der Waals surface area contributed by atoms with Crippen molar-refractivity contribution in [3.05, 3.63) is 34.9 Å². The van der Waals surface area contributed by atoms with Crippen molar-refractivity contribution >= 4 is 35.4 Å². The Labute approximate surface area is 357 Å². The molecule has 0 saturated carbocycles. The van der Waals surface area contributed by atoms with E-state index in [9.17, 15) is 24.3 Å². The van der Waals surface area contributed by atoms with Crippen molar-refractivity contribution in [1.29, 1.82) is 0 Å². The molecule has 3 saturated heterocycles. The molecule has 4 rings (SSSR count). The Morgan fingerprint density at radius 2 is 1.69 bits per heavy atom. The Balaban J connectivity index is 1.85. The van der Waals surface area contributed by atoms with Crippen LogP contribution in [-0.2, 0) is 49.2 Å². The van der Waals surface area contributed by atoms with E-state index in [1.54, 1.807) is 37.8 Å². The van der Waals surface area contributed by atoms with E-state index in [1.807, 2.05) is 74.6 Å². The standard InChI is InChI=1S/C45H71ClN2O11/c1-14-34-45(11)39(48(43(53)59-45)21-20-31-16-18-32(46)19-17-31)28(7)36(50)26(5)24-44(10,54-13)40(58-42-37(51)33(47(12)15-2)23-27(6)55-42)29(8)38(30(9)41(52)56-34)57-35(49)22-25(3)4/h16-19,25-30,33-34,37-40,42,51H,14-15,20-24H2,1-13H3/t26-,27-,28-,29+,30-,33+,34+,37-,38-,39-,40-,42+,44+,45-/m1/s1. The average molecular weight is 852 g/mol. The number of hydrogen-bond donors (Lipinski definition) is 1. The summed E-state index contributed by atoms with van der Waals surface area (Å²) in [5, 5.41) is 12.4. The first-order valence-corrected chi connectivity index (χ1v) is 21.9. The molecule has 3 aliphatic heterocycles. The Morgan fingerprint density at radius 1 is 1.05 bits per heavy atom. The Bertz CT molecular complexity index is 1600. The number of ketones is 1. The molecule has 1 aromatic rings. The van der Waals surface area contributed by atoms with Gasteiger partial charge in [0, 0.05) is 48.9 Å². The van der Waals surface area contributed by atoms with Gasteiger partial charge in [0.05, 0.1) is 29.8 Å². The number of aliphatic hydroxyl groups is 1. The number of halogens is 1. The molecule has 334 valence electrons. The minimum Gasteiger partial charge on any atom is -0.461 e. The van der Waals surface area contributed by atoms with E-state index < -0.39 is 89.7 Å². The van der Waals surface area contributed by atoms with Crippen LogP contribution in [0.15, 0.2) is 24.3 Å². The molecule has 1 aromatic carbocycles. The Hall–Kier alpha value is -2.81. The van der Waals surface area contributed by atoms with Gasteiger partial charge in [0.2, 0.25) is 0 Å². The van der Waals surface area contributed by atoms with E-state index in [0.29, 0.717) is 24.4 Å². The van der Waals surface area contributed by atoms with Crippen molar-refractivity contribution in [1.82, 2.24) is 9.80 Å². The Kier molecular flexibility index (Phi) is 16.9. The van der Waals surface area contributed by atoms with Crippen LogP contribution >= 0.6 is 11.6 Å². The van der Waals surface area contributed by atoms with Crippen LogP contribution < -0.4 is 0 Å². The van der Waals surface area contributed by atoms with Crippen molar-refractivity contribution in [2.24, 2.45) is 29.6 Å². The normalized spacial score (nSPS) is 37.5. The molecule has 3 heterocycles. The van der Waals surface area contributed by atoms with Crippen LogP contribution in [0.2, 0.25) is 5.02 Å². The number of nitrogens with zero attached hydrogens (tertiary/aromatic N) is 2. The van der Waals surface area contributed by atoms with Gasteiger partial charge in [0.15, 0.2) is 11.9 Å². The molecule has 0 aliphatic carbocycles. The van der Waals surface area contributed by atoms with Gasteiger partial charge in [-0.25, -0.2) is 4.79 Å². The van der Waals surface area contributed by atoms with E-state index in [0.717, 1.165) is 5.56 Å². The van der Waals surface area contributed by atoms with E-state index in [-0.39, 0.29) is 49.7 Å². The van der Waals surface area contributed by atoms with Gasteiger partial charge in [-0.2, -0.15) is 0 Å². The fraction of sp³-hybridized carbons (Fsp3) is 0.778. The highest BCUT2D eigenvalue weighted by Crippen LogP contribution is 2.44. The molecular formula is C45H71ClN2O11. The highest BCUT2D eigenvalue weighted by molar-refractivity contribution is 6.30. The number of carbonyl (C=O) groups is 4. The number of ether oxygens (including phenoxy) is 6. The Morgan fingerprint density at radius 3 is 2.27 bits per heavy atom.